The van der Waals surface area contributed by atoms with E-state index in [-0.39, 0.29) is 0 Å². The van der Waals surface area contributed by atoms with Crippen molar-refractivity contribution in [1.82, 2.24) is 4.31 Å². The fourth-order valence-electron chi connectivity index (χ4n) is 1.17. The Morgan fingerprint density at radius 1 is 1.53 bits per heavy atom. The van der Waals surface area contributed by atoms with E-state index in [0.717, 1.165) is 9.35 Å². The molecule has 0 bridgehead atoms. The molecule has 1 heterocycles. The van der Waals surface area contributed by atoms with Crippen LogP contribution >= 0.6 is 27.3 Å². The third kappa shape index (κ3) is 3.75. The molecule has 17 heavy (non-hydrogen) atoms. The average molecular weight is 342 g/mol. The van der Waals surface area contributed by atoms with Crippen molar-refractivity contribution in [3.05, 3.63) is 15.4 Å². The molecule has 0 atom stereocenters. The molecule has 1 aromatic heterocycles. The predicted molar refractivity (Wildman–Crippen MR) is 73.1 cm³/mol. The van der Waals surface area contributed by atoms with Gasteiger partial charge in [-0.2, -0.15) is 4.31 Å². The zero-order valence-corrected chi connectivity index (χ0v) is 13.3. The number of halogens is 1. The average Bonchev–Trinajstić information content (AvgIpc) is 2.60. The zero-order valence-electron chi connectivity index (χ0n) is 10.1. The largest absolute Gasteiger partial charge is 0.380 e. The summed E-state index contributed by atoms with van der Waals surface area (Å²) in [5.74, 6) is 0. The Labute approximate surface area is 115 Å². The minimum atomic E-state index is -3.38. The molecular weight excluding hydrogens is 326 g/mol. The van der Waals surface area contributed by atoms with E-state index in [1.165, 1.54) is 15.6 Å². The summed E-state index contributed by atoms with van der Waals surface area (Å²) in [6, 6.07) is 1.68. The number of thiophene rings is 1. The van der Waals surface area contributed by atoms with Crippen LogP contribution in [0.4, 0.5) is 0 Å². The van der Waals surface area contributed by atoms with Gasteiger partial charge in [-0.05, 0) is 41.4 Å². The van der Waals surface area contributed by atoms with Gasteiger partial charge in [0.15, 0.2) is 0 Å². The molecule has 7 heteroatoms. The van der Waals surface area contributed by atoms with Gasteiger partial charge in [-0.1, -0.05) is 0 Å². The molecule has 98 valence electrons. The lowest BCUT2D eigenvalue weighted by molar-refractivity contribution is 0.138. The molecule has 4 nitrogen and oxygen atoms in total. The first-order chi connectivity index (χ1) is 7.89. The Kier molecular flexibility index (Phi) is 5.59. The number of aryl methyl sites for hydroxylation is 1. The molecule has 0 aromatic carbocycles. The summed E-state index contributed by atoms with van der Waals surface area (Å²) in [6.07, 6.45) is 0. The molecule has 0 saturated carbocycles. The molecule has 0 saturated heterocycles. The van der Waals surface area contributed by atoms with E-state index in [1.807, 2.05) is 13.8 Å². The van der Waals surface area contributed by atoms with Crippen molar-refractivity contribution in [3.63, 3.8) is 0 Å². The van der Waals surface area contributed by atoms with Crippen LogP contribution < -0.4 is 0 Å². The van der Waals surface area contributed by atoms with Gasteiger partial charge in [-0.3, -0.25) is 0 Å². The third-order valence-corrected chi connectivity index (χ3v) is 6.70. The van der Waals surface area contributed by atoms with E-state index < -0.39 is 10.0 Å². The van der Waals surface area contributed by atoms with Crippen LogP contribution in [0, 0.1) is 6.92 Å². The highest BCUT2D eigenvalue weighted by atomic mass is 79.9. The van der Waals surface area contributed by atoms with Crippen molar-refractivity contribution >= 4 is 37.3 Å². The lowest BCUT2D eigenvalue weighted by Crippen LogP contribution is -2.29. The van der Waals surface area contributed by atoms with Gasteiger partial charge in [0, 0.05) is 20.2 Å². The highest BCUT2D eigenvalue weighted by Gasteiger charge is 2.23. The highest BCUT2D eigenvalue weighted by molar-refractivity contribution is 9.11. The first-order valence-corrected chi connectivity index (χ1v) is 8.24. The van der Waals surface area contributed by atoms with E-state index in [0.29, 0.717) is 24.0 Å². The SMILES string of the molecule is CCOCCN(C)S(=O)(=O)c1cc(C)c(Br)s1. The molecule has 0 N–H and O–H groups in total. The fraction of sp³-hybridized carbons (Fsp3) is 0.600. The number of hydrogen-bond acceptors (Lipinski definition) is 4. The molecule has 1 aromatic rings. The third-order valence-electron chi connectivity index (χ3n) is 2.25. The maximum atomic E-state index is 12.2. The topological polar surface area (TPSA) is 46.6 Å². The first kappa shape index (κ1) is 15.1. The van der Waals surface area contributed by atoms with Gasteiger partial charge in [-0.15, -0.1) is 11.3 Å². The van der Waals surface area contributed by atoms with Crippen LogP contribution in [0.2, 0.25) is 0 Å². The van der Waals surface area contributed by atoms with Crippen molar-refractivity contribution in [3.8, 4) is 0 Å². The van der Waals surface area contributed by atoms with Crippen LogP contribution in [0.5, 0.6) is 0 Å². The van der Waals surface area contributed by atoms with Crippen LogP contribution in [0.3, 0.4) is 0 Å². The minimum Gasteiger partial charge on any atom is -0.380 e. The standard InChI is InChI=1S/C10H16BrNO3S2/c1-4-15-6-5-12(3)17(13,14)9-7-8(2)10(11)16-9/h7H,4-6H2,1-3H3. The van der Waals surface area contributed by atoms with Crippen LogP contribution in [-0.2, 0) is 14.8 Å². The molecule has 0 fully saturated rings. The molecule has 0 aliphatic heterocycles. The summed E-state index contributed by atoms with van der Waals surface area (Å²) < 4.78 is 32.0. The lowest BCUT2D eigenvalue weighted by Gasteiger charge is -2.15. The first-order valence-electron chi connectivity index (χ1n) is 5.19. The van der Waals surface area contributed by atoms with Crippen LogP contribution in [0.1, 0.15) is 12.5 Å². The zero-order chi connectivity index (χ0) is 13.1. The van der Waals surface area contributed by atoms with E-state index in [9.17, 15) is 8.42 Å². The summed E-state index contributed by atoms with van der Waals surface area (Å²) >= 11 is 4.57. The Morgan fingerprint density at radius 2 is 2.18 bits per heavy atom. The van der Waals surface area contributed by atoms with Crippen molar-refractivity contribution in [2.24, 2.45) is 0 Å². The second-order valence-electron chi connectivity index (χ2n) is 3.55. The van der Waals surface area contributed by atoms with Gasteiger partial charge < -0.3 is 4.74 Å². The predicted octanol–water partition coefficient (Wildman–Crippen LogP) is 2.48. The quantitative estimate of drug-likeness (QED) is 0.746. The van der Waals surface area contributed by atoms with E-state index in [2.05, 4.69) is 15.9 Å². The number of likely N-dealkylation sites (N-methyl/N-ethyl adjacent to an activating group) is 1. The number of ether oxygens (including phenoxy) is 1. The summed E-state index contributed by atoms with van der Waals surface area (Å²) in [7, 11) is -1.81. The minimum absolute atomic E-state index is 0.362. The summed E-state index contributed by atoms with van der Waals surface area (Å²) in [4.78, 5) is 0. The summed E-state index contributed by atoms with van der Waals surface area (Å²) in [6.45, 7) is 5.13. The number of rotatable bonds is 6. The van der Waals surface area contributed by atoms with Gasteiger partial charge in [0.2, 0.25) is 0 Å². The van der Waals surface area contributed by atoms with Crippen molar-refractivity contribution in [2.45, 2.75) is 18.1 Å². The Morgan fingerprint density at radius 3 is 2.65 bits per heavy atom. The molecular formula is C10H16BrNO3S2. The molecule has 0 spiro atoms. The number of hydrogen-bond donors (Lipinski definition) is 0. The Bertz CT molecular complexity index is 450. The van der Waals surface area contributed by atoms with Gasteiger partial charge in [0.25, 0.3) is 10.0 Å². The molecule has 1 rings (SSSR count). The van der Waals surface area contributed by atoms with Gasteiger partial charge in [-0.25, -0.2) is 8.42 Å². The summed E-state index contributed by atoms with van der Waals surface area (Å²) in [5.41, 5.74) is 0.937. The monoisotopic (exact) mass is 341 g/mol. The van der Waals surface area contributed by atoms with Gasteiger partial charge >= 0.3 is 0 Å². The fourth-order valence-corrected chi connectivity index (χ4v) is 4.76. The summed E-state index contributed by atoms with van der Waals surface area (Å²) in [5, 5.41) is 0. The smallest absolute Gasteiger partial charge is 0.252 e. The maximum Gasteiger partial charge on any atom is 0.252 e. The lowest BCUT2D eigenvalue weighted by atomic mass is 10.4. The van der Waals surface area contributed by atoms with Crippen LogP contribution in [0.15, 0.2) is 14.1 Å². The van der Waals surface area contributed by atoms with E-state index in [1.54, 1.807) is 13.1 Å². The molecule has 0 radical (unpaired) electrons. The highest BCUT2D eigenvalue weighted by Crippen LogP contribution is 2.31. The normalized spacial score (nSPS) is 12.3. The molecule has 0 aliphatic rings. The molecule has 0 unspecified atom stereocenters. The molecule has 0 aliphatic carbocycles. The van der Waals surface area contributed by atoms with Crippen LogP contribution in [0.25, 0.3) is 0 Å². The van der Waals surface area contributed by atoms with Gasteiger partial charge in [0.1, 0.15) is 4.21 Å². The van der Waals surface area contributed by atoms with Gasteiger partial charge in [0.05, 0.1) is 10.4 Å². The maximum absolute atomic E-state index is 12.2. The Hall–Kier alpha value is 0.0500. The molecule has 0 amide bonds. The Balaban J connectivity index is 2.80. The van der Waals surface area contributed by atoms with E-state index in [4.69, 9.17) is 4.74 Å². The van der Waals surface area contributed by atoms with Crippen molar-refractivity contribution in [1.29, 1.82) is 0 Å². The second-order valence-corrected chi connectivity index (χ2v) is 8.19. The van der Waals surface area contributed by atoms with E-state index >= 15 is 0 Å². The van der Waals surface area contributed by atoms with Crippen molar-refractivity contribution < 1.29 is 13.2 Å². The number of sulfonamides is 1. The second kappa shape index (κ2) is 6.29. The van der Waals surface area contributed by atoms with Crippen molar-refractivity contribution in [2.75, 3.05) is 26.8 Å². The van der Waals surface area contributed by atoms with Crippen LogP contribution in [-0.4, -0.2) is 39.5 Å². The number of nitrogens with zero attached hydrogens (tertiary/aromatic N) is 1.